The first-order valence-corrected chi connectivity index (χ1v) is 9.03. The van der Waals surface area contributed by atoms with Crippen molar-refractivity contribution in [2.45, 2.75) is 6.92 Å². The van der Waals surface area contributed by atoms with Gasteiger partial charge in [0.25, 0.3) is 5.91 Å². The van der Waals surface area contributed by atoms with Gasteiger partial charge in [-0.3, -0.25) is 10.1 Å². The molecule has 6 nitrogen and oxygen atoms in total. The molecule has 138 valence electrons. The molecule has 3 amide bonds. The lowest BCUT2D eigenvalue weighted by molar-refractivity contribution is 0.102. The van der Waals surface area contributed by atoms with Gasteiger partial charge in [0, 0.05) is 21.8 Å². The molecule has 0 unspecified atom stereocenters. The molecule has 0 aliphatic rings. The van der Waals surface area contributed by atoms with Gasteiger partial charge < -0.3 is 10.6 Å². The van der Waals surface area contributed by atoms with E-state index in [0.717, 1.165) is 11.3 Å². The smallest absolute Gasteiger partial charge is 0.321 e. The maximum absolute atomic E-state index is 13.6. The Hall–Kier alpha value is -2.97. The maximum Gasteiger partial charge on any atom is 0.325 e. The number of carbonyl (C=O) groups is 2. The number of benzene rings is 2. The summed E-state index contributed by atoms with van der Waals surface area (Å²) in [6.45, 7) is 1.63. The molecule has 9 heteroatoms. The molecule has 1 heterocycles. The van der Waals surface area contributed by atoms with Crippen LogP contribution in [0.3, 0.4) is 0 Å². The molecule has 0 spiro atoms. The lowest BCUT2D eigenvalue weighted by Crippen LogP contribution is -2.19. The molecule has 3 aromatic rings. The van der Waals surface area contributed by atoms with E-state index in [-0.39, 0.29) is 10.8 Å². The molecule has 0 saturated carbocycles. The summed E-state index contributed by atoms with van der Waals surface area (Å²) in [5.74, 6) is -0.909. The summed E-state index contributed by atoms with van der Waals surface area (Å²) in [5.41, 5.74) is 1.49. The van der Waals surface area contributed by atoms with Crippen LogP contribution in [0.2, 0.25) is 5.02 Å². The van der Waals surface area contributed by atoms with Gasteiger partial charge in [-0.05, 0) is 48.9 Å². The van der Waals surface area contributed by atoms with Crippen LogP contribution in [-0.4, -0.2) is 16.9 Å². The predicted molar refractivity (Wildman–Crippen MR) is 105 cm³/mol. The fourth-order valence-electron chi connectivity index (χ4n) is 2.09. The number of aromatic nitrogens is 1. The average molecular weight is 405 g/mol. The molecule has 27 heavy (non-hydrogen) atoms. The zero-order valence-corrected chi connectivity index (χ0v) is 15.6. The third-order valence-corrected chi connectivity index (χ3v) is 4.50. The second kappa shape index (κ2) is 8.15. The number of hydrogen-bond acceptors (Lipinski definition) is 4. The van der Waals surface area contributed by atoms with E-state index in [0.29, 0.717) is 22.0 Å². The minimum Gasteiger partial charge on any atom is -0.321 e. The van der Waals surface area contributed by atoms with Crippen molar-refractivity contribution >= 4 is 51.4 Å². The molecule has 3 rings (SSSR count). The van der Waals surface area contributed by atoms with E-state index in [1.165, 1.54) is 11.4 Å². The molecular weight excluding hydrogens is 391 g/mol. The van der Waals surface area contributed by atoms with Crippen LogP contribution in [0.5, 0.6) is 0 Å². The minimum atomic E-state index is -0.501. The van der Waals surface area contributed by atoms with Crippen molar-refractivity contribution in [3.05, 3.63) is 69.9 Å². The molecule has 0 aliphatic heterocycles. The van der Waals surface area contributed by atoms with Crippen molar-refractivity contribution < 1.29 is 14.0 Å². The lowest BCUT2D eigenvalue weighted by Gasteiger charge is -2.05. The first-order valence-electron chi connectivity index (χ1n) is 7.77. The van der Waals surface area contributed by atoms with Gasteiger partial charge in [0.05, 0.1) is 0 Å². The Morgan fingerprint density at radius 3 is 2.44 bits per heavy atom. The summed E-state index contributed by atoms with van der Waals surface area (Å²) < 4.78 is 13.6. The van der Waals surface area contributed by atoms with E-state index < -0.39 is 17.8 Å². The van der Waals surface area contributed by atoms with E-state index in [1.807, 2.05) is 0 Å². The van der Waals surface area contributed by atoms with Crippen molar-refractivity contribution in [1.82, 2.24) is 4.98 Å². The number of rotatable bonds is 4. The average Bonchev–Trinajstić information content (AvgIpc) is 3.08. The van der Waals surface area contributed by atoms with Crippen LogP contribution in [0, 0.1) is 12.7 Å². The number of nitrogens with one attached hydrogen (secondary N) is 3. The molecule has 0 saturated heterocycles. The van der Waals surface area contributed by atoms with Crippen LogP contribution < -0.4 is 16.0 Å². The van der Waals surface area contributed by atoms with Gasteiger partial charge in [-0.1, -0.05) is 17.7 Å². The van der Waals surface area contributed by atoms with Crippen LogP contribution in [0.25, 0.3) is 0 Å². The fourth-order valence-corrected chi connectivity index (χ4v) is 2.91. The Balaban J connectivity index is 1.60. The van der Waals surface area contributed by atoms with Gasteiger partial charge in [0.15, 0.2) is 5.13 Å². The van der Waals surface area contributed by atoms with Crippen molar-refractivity contribution in [2.75, 3.05) is 16.0 Å². The van der Waals surface area contributed by atoms with Crippen LogP contribution in [0.15, 0.2) is 47.8 Å². The number of anilines is 3. The molecule has 3 N–H and O–H groups in total. The van der Waals surface area contributed by atoms with Gasteiger partial charge >= 0.3 is 6.03 Å². The van der Waals surface area contributed by atoms with E-state index in [9.17, 15) is 14.0 Å². The number of urea groups is 1. The first kappa shape index (κ1) is 18.8. The number of hydrogen-bond donors (Lipinski definition) is 3. The normalized spacial score (nSPS) is 10.3. The monoisotopic (exact) mass is 404 g/mol. The molecule has 0 fully saturated rings. The molecular formula is C18H14ClFN4O2S. The summed E-state index contributed by atoms with van der Waals surface area (Å²) in [5, 5.41) is 10.0. The van der Waals surface area contributed by atoms with Gasteiger partial charge in [-0.2, -0.15) is 0 Å². The number of nitrogens with zero attached hydrogens (tertiary/aromatic N) is 1. The Morgan fingerprint density at radius 2 is 1.74 bits per heavy atom. The highest BCUT2D eigenvalue weighted by atomic mass is 35.5. The van der Waals surface area contributed by atoms with E-state index in [1.54, 1.807) is 43.3 Å². The second-order valence-electron chi connectivity index (χ2n) is 5.54. The van der Waals surface area contributed by atoms with Crippen LogP contribution in [0.1, 0.15) is 16.1 Å². The van der Waals surface area contributed by atoms with Gasteiger partial charge in [-0.25, -0.2) is 14.2 Å². The highest BCUT2D eigenvalue weighted by Crippen LogP contribution is 2.19. The number of halogens is 2. The van der Waals surface area contributed by atoms with Gasteiger partial charge in [-0.15, -0.1) is 11.3 Å². The number of carbonyl (C=O) groups excluding carboxylic acids is 2. The molecule has 1 aromatic heterocycles. The molecule has 2 aromatic carbocycles. The summed E-state index contributed by atoms with van der Waals surface area (Å²) >= 11 is 6.89. The van der Waals surface area contributed by atoms with Crippen molar-refractivity contribution in [1.29, 1.82) is 0 Å². The third-order valence-electron chi connectivity index (χ3n) is 3.49. The molecule has 0 bridgehead atoms. The maximum atomic E-state index is 13.6. The van der Waals surface area contributed by atoms with Gasteiger partial charge in [0.2, 0.25) is 0 Å². The third kappa shape index (κ3) is 5.02. The van der Waals surface area contributed by atoms with E-state index in [4.69, 9.17) is 11.6 Å². The standard InChI is InChI=1S/C18H14ClFN4O2S/c1-10-2-5-13(8-14(10)20)21-16(25)15-9-27-18(23-15)24-17(26)22-12-6-3-11(19)4-7-12/h2-9H,1H3,(H,21,25)(H2,22,23,24,26). The fraction of sp³-hybridized carbons (Fsp3) is 0.0556. The Kier molecular flexibility index (Phi) is 5.68. The largest absolute Gasteiger partial charge is 0.325 e. The Morgan fingerprint density at radius 1 is 1.04 bits per heavy atom. The lowest BCUT2D eigenvalue weighted by atomic mass is 10.2. The topological polar surface area (TPSA) is 83.1 Å². The number of amides is 3. The Bertz CT molecular complexity index is 991. The molecule has 0 aliphatic carbocycles. The van der Waals surface area contributed by atoms with Crippen LogP contribution >= 0.6 is 22.9 Å². The van der Waals surface area contributed by atoms with Gasteiger partial charge in [0.1, 0.15) is 11.5 Å². The zero-order chi connectivity index (χ0) is 19.4. The zero-order valence-electron chi connectivity index (χ0n) is 14.0. The summed E-state index contributed by atoms with van der Waals surface area (Å²) in [6.07, 6.45) is 0. The van der Waals surface area contributed by atoms with E-state index >= 15 is 0 Å². The number of thiazole rings is 1. The minimum absolute atomic E-state index is 0.114. The van der Waals surface area contributed by atoms with Crippen LogP contribution in [0.4, 0.5) is 25.7 Å². The summed E-state index contributed by atoms with van der Waals surface area (Å²) in [7, 11) is 0. The SMILES string of the molecule is Cc1ccc(NC(=O)c2csc(NC(=O)Nc3ccc(Cl)cc3)n2)cc1F. The van der Waals surface area contributed by atoms with Crippen molar-refractivity contribution in [3.8, 4) is 0 Å². The van der Waals surface area contributed by atoms with Crippen LogP contribution in [-0.2, 0) is 0 Å². The molecule has 0 atom stereocenters. The summed E-state index contributed by atoms with van der Waals surface area (Å²) in [6, 6.07) is 10.5. The highest BCUT2D eigenvalue weighted by Gasteiger charge is 2.13. The van der Waals surface area contributed by atoms with E-state index in [2.05, 4.69) is 20.9 Å². The highest BCUT2D eigenvalue weighted by molar-refractivity contribution is 7.14. The quantitative estimate of drug-likeness (QED) is 0.563. The second-order valence-corrected chi connectivity index (χ2v) is 6.84. The molecule has 0 radical (unpaired) electrons. The first-order chi connectivity index (χ1) is 12.9. The number of aryl methyl sites for hydroxylation is 1. The Labute approximate surface area is 163 Å². The summed E-state index contributed by atoms with van der Waals surface area (Å²) in [4.78, 5) is 28.2. The predicted octanol–water partition coefficient (Wildman–Crippen LogP) is 5.14. The van der Waals surface area contributed by atoms with Crippen molar-refractivity contribution in [3.63, 3.8) is 0 Å². The van der Waals surface area contributed by atoms with Crippen molar-refractivity contribution in [2.24, 2.45) is 0 Å².